The minimum Gasteiger partial charge on any atom is -0.361 e. The number of hydrogen-bond donors (Lipinski definition) is 1. The Morgan fingerprint density at radius 3 is 2.70 bits per heavy atom. The summed E-state index contributed by atoms with van der Waals surface area (Å²) in [4.78, 5) is 20.6. The molecule has 0 amide bonds. The molecule has 8 nitrogen and oxygen atoms in total. The number of rotatable bonds is 3. The first kappa shape index (κ1) is 14.1. The van der Waals surface area contributed by atoms with Gasteiger partial charge in [0.1, 0.15) is 17.6 Å². The van der Waals surface area contributed by atoms with Crippen LogP contribution in [0.1, 0.15) is 17.0 Å². The summed E-state index contributed by atoms with van der Waals surface area (Å²) in [6.07, 6.45) is 3.24. The van der Waals surface area contributed by atoms with E-state index in [1.54, 1.807) is 12.7 Å². The number of fused-ring (bicyclic) bond motifs is 1. The second-order valence-electron chi connectivity index (χ2n) is 5.86. The van der Waals surface area contributed by atoms with Crippen molar-refractivity contribution in [1.29, 1.82) is 0 Å². The molecule has 0 bridgehead atoms. The maximum Gasteiger partial charge on any atom is 0.182 e. The molecule has 0 aliphatic carbocycles. The molecule has 1 aliphatic rings. The Morgan fingerprint density at radius 2 is 1.96 bits per heavy atom. The Morgan fingerprint density at radius 1 is 1.13 bits per heavy atom. The highest BCUT2D eigenvalue weighted by Gasteiger charge is 2.22. The summed E-state index contributed by atoms with van der Waals surface area (Å²) in [7, 11) is 0. The van der Waals surface area contributed by atoms with Crippen LogP contribution in [0, 0.1) is 13.8 Å². The van der Waals surface area contributed by atoms with Crippen molar-refractivity contribution in [1.82, 2.24) is 30.0 Å². The predicted molar refractivity (Wildman–Crippen MR) is 85.2 cm³/mol. The first-order valence-corrected chi connectivity index (χ1v) is 7.75. The van der Waals surface area contributed by atoms with Gasteiger partial charge in [-0.25, -0.2) is 15.0 Å². The second kappa shape index (κ2) is 5.62. The third kappa shape index (κ3) is 2.55. The number of piperazine rings is 1. The highest BCUT2D eigenvalue weighted by Crippen LogP contribution is 2.22. The van der Waals surface area contributed by atoms with Crippen LogP contribution in [0.25, 0.3) is 11.2 Å². The Labute approximate surface area is 133 Å². The zero-order chi connectivity index (χ0) is 15.8. The number of anilines is 1. The van der Waals surface area contributed by atoms with Crippen LogP contribution in [-0.4, -0.2) is 56.2 Å². The van der Waals surface area contributed by atoms with Crippen molar-refractivity contribution in [3.8, 4) is 0 Å². The van der Waals surface area contributed by atoms with Gasteiger partial charge in [-0.1, -0.05) is 5.16 Å². The summed E-state index contributed by atoms with van der Waals surface area (Å²) in [5.41, 5.74) is 3.82. The second-order valence-corrected chi connectivity index (χ2v) is 5.86. The molecule has 1 N–H and O–H groups in total. The number of aryl methyl sites for hydroxylation is 2. The molecule has 8 heteroatoms. The van der Waals surface area contributed by atoms with E-state index in [1.165, 1.54) is 5.56 Å². The highest BCUT2D eigenvalue weighted by atomic mass is 16.5. The van der Waals surface area contributed by atoms with E-state index in [4.69, 9.17) is 4.52 Å². The molecule has 0 saturated carbocycles. The molecular formula is C15H19N7O. The van der Waals surface area contributed by atoms with Crippen LogP contribution in [0.4, 0.5) is 5.82 Å². The van der Waals surface area contributed by atoms with Gasteiger partial charge in [0, 0.05) is 38.3 Å². The molecule has 3 aromatic rings. The lowest BCUT2D eigenvalue weighted by Gasteiger charge is -2.35. The summed E-state index contributed by atoms with van der Waals surface area (Å²) in [6, 6.07) is 0. The number of aromatic amines is 1. The van der Waals surface area contributed by atoms with Crippen LogP contribution in [0.3, 0.4) is 0 Å². The summed E-state index contributed by atoms with van der Waals surface area (Å²) >= 11 is 0. The maximum atomic E-state index is 5.25. The molecule has 1 saturated heterocycles. The van der Waals surface area contributed by atoms with Crippen molar-refractivity contribution in [2.45, 2.75) is 20.4 Å². The lowest BCUT2D eigenvalue weighted by atomic mass is 10.2. The van der Waals surface area contributed by atoms with E-state index in [9.17, 15) is 0 Å². The Kier molecular flexibility index (Phi) is 3.45. The monoisotopic (exact) mass is 313 g/mol. The van der Waals surface area contributed by atoms with Crippen LogP contribution in [0.2, 0.25) is 0 Å². The van der Waals surface area contributed by atoms with Crippen molar-refractivity contribution in [3.63, 3.8) is 0 Å². The molecule has 1 fully saturated rings. The van der Waals surface area contributed by atoms with Crippen molar-refractivity contribution < 1.29 is 4.52 Å². The molecular weight excluding hydrogens is 294 g/mol. The Bertz CT molecular complexity index is 797. The molecule has 23 heavy (non-hydrogen) atoms. The molecule has 0 atom stereocenters. The molecule has 3 aromatic heterocycles. The smallest absolute Gasteiger partial charge is 0.182 e. The van der Waals surface area contributed by atoms with Crippen LogP contribution < -0.4 is 4.90 Å². The van der Waals surface area contributed by atoms with E-state index in [2.05, 4.69) is 34.9 Å². The molecule has 120 valence electrons. The van der Waals surface area contributed by atoms with Crippen LogP contribution in [0.5, 0.6) is 0 Å². The van der Waals surface area contributed by atoms with Crippen molar-refractivity contribution in [2.24, 2.45) is 0 Å². The zero-order valence-corrected chi connectivity index (χ0v) is 13.3. The van der Waals surface area contributed by atoms with Crippen molar-refractivity contribution >= 4 is 17.0 Å². The Hall–Kier alpha value is -2.48. The van der Waals surface area contributed by atoms with E-state index in [-0.39, 0.29) is 0 Å². The lowest BCUT2D eigenvalue weighted by molar-refractivity contribution is 0.247. The predicted octanol–water partition coefficient (Wildman–Crippen LogP) is 1.28. The van der Waals surface area contributed by atoms with E-state index in [0.29, 0.717) is 5.65 Å². The van der Waals surface area contributed by atoms with Gasteiger partial charge in [-0.15, -0.1) is 0 Å². The van der Waals surface area contributed by atoms with Crippen LogP contribution >= 0.6 is 0 Å². The van der Waals surface area contributed by atoms with Crippen molar-refractivity contribution in [2.75, 3.05) is 31.1 Å². The van der Waals surface area contributed by atoms with E-state index >= 15 is 0 Å². The third-order valence-electron chi connectivity index (χ3n) is 4.44. The fraction of sp³-hybridized carbons (Fsp3) is 0.467. The number of hydrogen-bond acceptors (Lipinski definition) is 7. The van der Waals surface area contributed by atoms with Gasteiger partial charge in [-0.05, 0) is 13.8 Å². The summed E-state index contributed by atoms with van der Waals surface area (Å²) < 4.78 is 5.25. The highest BCUT2D eigenvalue weighted by molar-refractivity contribution is 5.82. The number of nitrogens with zero attached hydrogens (tertiary/aromatic N) is 6. The molecule has 0 spiro atoms. The molecule has 4 heterocycles. The fourth-order valence-corrected chi connectivity index (χ4v) is 3.06. The first-order valence-electron chi connectivity index (χ1n) is 7.75. The van der Waals surface area contributed by atoms with Gasteiger partial charge in [0.25, 0.3) is 0 Å². The van der Waals surface area contributed by atoms with Crippen LogP contribution in [0.15, 0.2) is 17.2 Å². The summed E-state index contributed by atoms with van der Waals surface area (Å²) in [5.74, 6) is 1.85. The fourth-order valence-electron chi connectivity index (χ4n) is 3.06. The SMILES string of the molecule is Cc1noc(C)c1CN1CCN(c2ncnc3nc[nH]c23)CC1. The molecule has 1 aliphatic heterocycles. The standard InChI is InChI=1S/C15H19N7O/c1-10-12(11(2)23-20-10)7-21-3-5-22(6-4-21)15-13-14(17-8-16-13)18-9-19-15/h8-9H,3-7H2,1-2H3,(H,16,17,18,19). The Balaban J connectivity index is 1.46. The maximum absolute atomic E-state index is 5.25. The summed E-state index contributed by atoms with van der Waals surface area (Å²) in [6.45, 7) is 8.66. The van der Waals surface area contributed by atoms with Gasteiger partial charge in [0.2, 0.25) is 0 Å². The topological polar surface area (TPSA) is 87.0 Å². The number of H-pyrrole nitrogens is 1. The minimum atomic E-state index is 0.716. The number of aromatic nitrogens is 5. The van der Waals surface area contributed by atoms with E-state index in [1.807, 2.05) is 13.8 Å². The van der Waals surface area contributed by atoms with E-state index < -0.39 is 0 Å². The van der Waals surface area contributed by atoms with Gasteiger partial charge in [-0.3, -0.25) is 4.90 Å². The van der Waals surface area contributed by atoms with Crippen molar-refractivity contribution in [3.05, 3.63) is 29.7 Å². The third-order valence-corrected chi connectivity index (χ3v) is 4.44. The number of nitrogens with one attached hydrogen (secondary N) is 1. The van der Waals surface area contributed by atoms with Gasteiger partial charge >= 0.3 is 0 Å². The number of imidazole rings is 1. The van der Waals surface area contributed by atoms with Gasteiger partial charge in [-0.2, -0.15) is 0 Å². The lowest BCUT2D eigenvalue weighted by Crippen LogP contribution is -2.46. The minimum absolute atomic E-state index is 0.716. The molecule has 0 unspecified atom stereocenters. The average molecular weight is 313 g/mol. The quantitative estimate of drug-likeness (QED) is 0.779. The van der Waals surface area contributed by atoms with Gasteiger partial charge in [0.05, 0.1) is 12.0 Å². The molecule has 0 radical (unpaired) electrons. The zero-order valence-electron chi connectivity index (χ0n) is 13.3. The largest absolute Gasteiger partial charge is 0.361 e. The molecule has 0 aromatic carbocycles. The van der Waals surface area contributed by atoms with Crippen LogP contribution in [-0.2, 0) is 6.54 Å². The average Bonchev–Trinajstić information content (AvgIpc) is 3.17. The normalized spacial score (nSPS) is 16.3. The van der Waals surface area contributed by atoms with Gasteiger partial charge < -0.3 is 14.4 Å². The van der Waals surface area contributed by atoms with Gasteiger partial charge in [0.15, 0.2) is 11.5 Å². The first-order chi connectivity index (χ1) is 11.2. The molecule has 4 rings (SSSR count). The van der Waals surface area contributed by atoms with E-state index in [0.717, 1.165) is 55.5 Å². The summed E-state index contributed by atoms with van der Waals surface area (Å²) in [5, 5.41) is 4.03.